The fourth-order valence-corrected chi connectivity index (χ4v) is 4.71. The fourth-order valence-electron chi connectivity index (χ4n) is 3.69. The lowest BCUT2D eigenvalue weighted by Crippen LogP contribution is -2.35. The highest BCUT2D eigenvalue weighted by Crippen LogP contribution is 2.31. The van der Waals surface area contributed by atoms with Crippen LogP contribution in [-0.2, 0) is 4.79 Å². The van der Waals surface area contributed by atoms with E-state index in [1.54, 1.807) is 18.2 Å². The molecule has 0 fully saturated rings. The van der Waals surface area contributed by atoms with E-state index in [9.17, 15) is 4.79 Å². The van der Waals surface area contributed by atoms with Crippen molar-refractivity contribution in [3.8, 4) is 11.5 Å². The van der Waals surface area contributed by atoms with Gasteiger partial charge < -0.3 is 9.47 Å². The number of benzene rings is 3. The summed E-state index contributed by atoms with van der Waals surface area (Å²) in [5.41, 5.74) is 3.89. The van der Waals surface area contributed by atoms with Gasteiger partial charge in [-0.25, -0.2) is 0 Å². The van der Waals surface area contributed by atoms with Gasteiger partial charge in [0.2, 0.25) is 5.17 Å². The maximum absolute atomic E-state index is 12.8. The largest absolute Gasteiger partial charge is 0.490 e. The Morgan fingerprint density at radius 2 is 1.73 bits per heavy atom. The third-order valence-corrected chi connectivity index (χ3v) is 7.05. The number of amides is 1. The van der Waals surface area contributed by atoms with E-state index in [1.165, 1.54) is 16.8 Å². The van der Waals surface area contributed by atoms with Gasteiger partial charge in [0.15, 0.2) is 5.84 Å². The summed E-state index contributed by atoms with van der Waals surface area (Å²) >= 11 is 7.33. The van der Waals surface area contributed by atoms with E-state index < -0.39 is 5.91 Å². The number of ether oxygens (including phenoxy) is 2. The average Bonchev–Trinajstić information content (AvgIpc) is 3.31. The minimum absolute atomic E-state index is 0.0115. The maximum atomic E-state index is 12.8. The molecule has 0 saturated heterocycles. The summed E-state index contributed by atoms with van der Waals surface area (Å²) in [5.74, 6) is 0.872. The summed E-state index contributed by atoms with van der Waals surface area (Å²) in [4.78, 5) is 16.9. The summed E-state index contributed by atoms with van der Waals surface area (Å²) in [5, 5.41) is 16.3. The van der Waals surface area contributed by atoms with Gasteiger partial charge >= 0.3 is 0 Å². The van der Waals surface area contributed by atoms with Crippen molar-refractivity contribution in [3.05, 3.63) is 99.6 Å². The minimum atomic E-state index is -0.470. The highest BCUT2D eigenvalue weighted by molar-refractivity contribution is 8.27. The number of nitrogens with one attached hydrogen (secondary N) is 1. The number of halogens is 1. The van der Waals surface area contributed by atoms with Crippen LogP contribution >= 0.6 is 23.4 Å². The van der Waals surface area contributed by atoms with Gasteiger partial charge in [0.25, 0.3) is 5.91 Å². The smallest absolute Gasteiger partial charge is 0.283 e. The van der Waals surface area contributed by atoms with Crippen molar-refractivity contribution in [1.29, 1.82) is 5.41 Å². The molecule has 0 spiro atoms. The lowest BCUT2D eigenvalue weighted by atomic mass is 10.1. The van der Waals surface area contributed by atoms with Crippen LogP contribution < -0.4 is 9.47 Å². The molecule has 0 bridgehead atoms. The van der Waals surface area contributed by atoms with Crippen LogP contribution in [0, 0.1) is 19.3 Å². The first-order chi connectivity index (χ1) is 17.9. The summed E-state index contributed by atoms with van der Waals surface area (Å²) in [6.07, 6.45) is 1.63. The number of hydrogen-bond acceptors (Lipinski definition) is 6. The molecule has 7 nitrogen and oxygen atoms in total. The first kappa shape index (κ1) is 24.8. The Morgan fingerprint density at radius 3 is 2.46 bits per heavy atom. The van der Waals surface area contributed by atoms with Crippen LogP contribution in [0.5, 0.6) is 11.5 Å². The maximum Gasteiger partial charge on any atom is 0.283 e. The van der Waals surface area contributed by atoms with Gasteiger partial charge in [0.1, 0.15) is 29.8 Å². The van der Waals surface area contributed by atoms with Gasteiger partial charge in [-0.2, -0.15) is 15.1 Å². The summed E-state index contributed by atoms with van der Waals surface area (Å²) < 4.78 is 11.6. The van der Waals surface area contributed by atoms with Crippen LogP contribution in [0.15, 0.2) is 82.4 Å². The number of fused-ring (bicyclic) bond motifs is 1. The number of hydrogen-bond donors (Lipinski definition) is 1. The van der Waals surface area contributed by atoms with E-state index in [4.69, 9.17) is 26.5 Å². The Balaban J connectivity index is 1.25. The molecule has 0 atom stereocenters. The van der Waals surface area contributed by atoms with E-state index in [1.807, 2.05) is 68.4 Å². The number of carbonyl (C=O) groups excluding carboxylic acids is 1. The number of carbonyl (C=O) groups is 1. The first-order valence-corrected chi connectivity index (χ1v) is 12.8. The van der Waals surface area contributed by atoms with E-state index in [0.717, 1.165) is 22.4 Å². The topological polar surface area (TPSA) is 87.3 Å². The molecule has 186 valence electrons. The minimum Gasteiger partial charge on any atom is -0.490 e. The molecule has 3 aromatic carbocycles. The zero-order valence-electron chi connectivity index (χ0n) is 20.2. The monoisotopic (exact) mass is 530 g/mol. The van der Waals surface area contributed by atoms with Crippen molar-refractivity contribution < 1.29 is 14.3 Å². The Bertz CT molecular complexity index is 1480. The van der Waals surface area contributed by atoms with Gasteiger partial charge in [-0.15, -0.1) is 0 Å². The molecule has 2 aliphatic heterocycles. The molecular formula is C28H23ClN4O3S. The van der Waals surface area contributed by atoms with E-state index in [-0.39, 0.29) is 11.4 Å². The van der Waals surface area contributed by atoms with Crippen molar-refractivity contribution in [3.63, 3.8) is 0 Å². The van der Waals surface area contributed by atoms with Crippen LogP contribution in [0.4, 0.5) is 0 Å². The molecule has 0 aliphatic carbocycles. The second-order valence-electron chi connectivity index (χ2n) is 8.47. The molecule has 0 aromatic heterocycles. The Labute approximate surface area is 224 Å². The van der Waals surface area contributed by atoms with Crippen molar-refractivity contribution in [1.82, 2.24) is 5.01 Å². The van der Waals surface area contributed by atoms with Crippen molar-refractivity contribution >= 4 is 51.4 Å². The van der Waals surface area contributed by atoms with Crippen molar-refractivity contribution in [2.75, 3.05) is 13.2 Å². The molecule has 1 N–H and O–H groups in total. The van der Waals surface area contributed by atoms with Gasteiger partial charge in [0, 0.05) is 10.6 Å². The molecule has 0 unspecified atom stereocenters. The standard InChI is InChI=1S/C28H23ClN4O3S/c1-17-6-8-20(9-7-17)27-32-33-25(30)23(26(34)31-28(33)37-27)16-19-4-3-5-21(15-19)35-12-13-36-22-10-11-24(29)18(2)14-22/h3-11,14-16,30H,12-13H2,1-2H3/b23-16+,30-25?. The number of aliphatic imine (C=N–C) groups is 1. The third-order valence-electron chi connectivity index (χ3n) is 5.67. The molecule has 9 heteroatoms. The van der Waals surface area contributed by atoms with Crippen LogP contribution in [-0.4, -0.2) is 40.2 Å². The van der Waals surface area contributed by atoms with Crippen molar-refractivity contribution in [2.24, 2.45) is 10.1 Å². The molecule has 2 heterocycles. The normalized spacial score (nSPS) is 16.0. The Hall–Kier alpha value is -3.88. The Morgan fingerprint density at radius 1 is 1.00 bits per heavy atom. The predicted octanol–water partition coefficient (Wildman–Crippen LogP) is 6.08. The lowest BCUT2D eigenvalue weighted by molar-refractivity contribution is -0.114. The van der Waals surface area contributed by atoms with Crippen LogP contribution in [0.3, 0.4) is 0 Å². The zero-order chi connectivity index (χ0) is 25.9. The summed E-state index contributed by atoms with van der Waals surface area (Å²) in [7, 11) is 0. The number of nitrogens with zero attached hydrogens (tertiary/aromatic N) is 3. The highest BCUT2D eigenvalue weighted by Gasteiger charge is 2.36. The molecule has 2 aliphatic rings. The number of thioether (sulfide) groups is 1. The number of aryl methyl sites for hydroxylation is 2. The third kappa shape index (κ3) is 5.60. The predicted molar refractivity (Wildman–Crippen MR) is 149 cm³/mol. The second-order valence-corrected chi connectivity index (χ2v) is 9.83. The van der Waals surface area contributed by atoms with Crippen LogP contribution in [0.2, 0.25) is 5.02 Å². The lowest BCUT2D eigenvalue weighted by Gasteiger charge is -2.20. The molecule has 3 aromatic rings. The first-order valence-electron chi connectivity index (χ1n) is 11.6. The Kier molecular flexibility index (Phi) is 7.12. The average molecular weight is 531 g/mol. The summed E-state index contributed by atoms with van der Waals surface area (Å²) in [6, 6.07) is 20.7. The fraction of sp³-hybridized carbons (Fsp3) is 0.143. The van der Waals surface area contributed by atoms with Crippen LogP contribution in [0.1, 0.15) is 22.3 Å². The van der Waals surface area contributed by atoms with E-state index in [2.05, 4.69) is 10.1 Å². The van der Waals surface area contributed by atoms with Gasteiger partial charge in [-0.3, -0.25) is 10.2 Å². The molecule has 37 heavy (non-hydrogen) atoms. The molecule has 0 radical (unpaired) electrons. The molecule has 1 amide bonds. The highest BCUT2D eigenvalue weighted by atomic mass is 35.5. The van der Waals surface area contributed by atoms with E-state index in [0.29, 0.717) is 39.8 Å². The van der Waals surface area contributed by atoms with Gasteiger partial charge in [-0.05, 0) is 73.1 Å². The molecule has 0 saturated carbocycles. The van der Waals surface area contributed by atoms with Crippen molar-refractivity contribution in [2.45, 2.75) is 13.8 Å². The quantitative estimate of drug-likeness (QED) is 0.295. The SMILES string of the molecule is Cc1ccc(C2=NN3C(=N)/C(=C\c4cccc(OCCOc5ccc(Cl)c(C)c5)c4)C(=O)N=C3S2)cc1. The zero-order valence-corrected chi connectivity index (χ0v) is 21.8. The summed E-state index contributed by atoms with van der Waals surface area (Å²) in [6.45, 7) is 4.64. The molecular weight excluding hydrogens is 508 g/mol. The van der Waals surface area contributed by atoms with Crippen LogP contribution in [0.25, 0.3) is 6.08 Å². The van der Waals surface area contributed by atoms with Gasteiger partial charge in [0.05, 0.1) is 5.57 Å². The molecule has 5 rings (SSSR count). The number of rotatable bonds is 7. The van der Waals surface area contributed by atoms with Gasteiger partial charge in [-0.1, -0.05) is 53.6 Å². The number of hydrazone groups is 1. The second kappa shape index (κ2) is 10.6. The number of amidine groups is 2. The van der Waals surface area contributed by atoms with E-state index >= 15 is 0 Å².